The number of nitrogens with one attached hydrogen (secondary N) is 1. The zero-order valence-electron chi connectivity index (χ0n) is 10.5. The monoisotopic (exact) mass is 274 g/mol. The van der Waals surface area contributed by atoms with Crippen LogP contribution in [0.15, 0.2) is 18.2 Å². The van der Waals surface area contributed by atoms with Gasteiger partial charge in [-0.3, -0.25) is 4.79 Å². The van der Waals surface area contributed by atoms with Gasteiger partial charge in [0.1, 0.15) is 6.07 Å². The number of rotatable bonds is 2. The summed E-state index contributed by atoms with van der Waals surface area (Å²) < 4.78 is 0. The number of benzene rings is 1. The number of carbonyl (C=O) groups is 1. The summed E-state index contributed by atoms with van der Waals surface area (Å²) in [7, 11) is 0. The molecule has 3 unspecified atom stereocenters. The van der Waals surface area contributed by atoms with E-state index in [4.69, 9.17) is 16.9 Å². The van der Waals surface area contributed by atoms with Gasteiger partial charge in [-0.2, -0.15) is 5.26 Å². The van der Waals surface area contributed by atoms with E-state index in [0.717, 1.165) is 12.3 Å². The number of fused-ring (bicyclic) bond motifs is 2. The summed E-state index contributed by atoms with van der Waals surface area (Å²) in [4.78, 5) is 12.3. The molecule has 1 N–H and O–H groups in total. The van der Waals surface area contributed by atoms with Gasteiger partial charge in [-0.05, 0) is 49.3 Å². The summed E-state index contributed by atoms with van der Waals surface area (Å²) in [6.07, 6.45) is 4.72. The molecular formula is C15H15ClN2O. The standard InChI is InChI=1S/C15H15ClN2O/c16-14-7-12(4-3-11(14)8-17)18-15(19)13-6-9-1-2-10(13)5-9/h3-4,7,9-10,13H,1-2,5-6H2,(H,18,19). The summed E-state index contributed by atoms with van der Waals surface area (Å²) in [6.45, 7) is 0. The molecule has 0 radical (unpaired) electrons. The average molecular weight is 275 g/mol. The third-order valence-corrected chi connectivity index (χ3v) is 4.74. The second kappa shape index (κ2) is 4.86. The molecule has 3 rings (SSSR count). The van der Waals surface area contributed by atoms with Gasteiger partial charge in [0, 0.05) is 11.6 Å². The van der Waals surface area contributed by atoms with Gasteiger partial charge in [0.2, 0.25) is 5.91 Å². The van der Waals surface area contributed by atoms with Crippen molar-refractivity contribution in [3.8, 4) is 6.07 Å². The van der Waals surface area contributed by atoms with E-state index in [2.05, 4.69) is 5.32 Å². The quantitative estimate of drug-likeness (QED) is 0.896. The number of amides is 1. The molecule has 0 aliphatic heterocycles. The maximum absolute atomic E-state index is 12.3. The molecule has 2 saturated carbocycles. The van der Waals surface area contributed by atoms with Gasteiger partial charge in [-0.25, -0.2) is 0 Å². The Morgan fingerprint density at radius 3 is 2.79 bits per heavy atom. The second-order valence-corrected chi connectivity index (χ2v) is 5.98. The number of hydrogen-bond donors (Lipinski definition) is 1. The molecule has 2 fully saturated rings. The summed E-state index contributed by atoms with van der Waals surface area (Å²) in [6, 6.07) is 7.02. The van der Waals surface area contributed by atoms with Crippen molar-refractivity contribution >= 4 is 23.2 Å². The molecule has 4 heteroatoms. The van der Waals surface area contributed by atoms with E-state index in [1.807, 2.05) is 6.07 Å². The van der Waals surface area contributed by atoms with E-state index >= 15 is 0 Å². The minimum atomic E-state index is 0.105. The minimum absolute atomic E-state index is 0.105. The minimum Gasteiger partial charge on any atom is -0.326 e. The van der Waals surface area contributed by atoms with Crippen LogP contribution < -0.4 is 5.32 Å². The van der Waals surface area contributed by atoms with Crippen molar-refractivity contribution in [2.75, 3.05) is 5.32 Å². The molecule has 3 atom stereocenters. The average Bonchev–Trinajstić information content (AvgIpc) is 3.01. The van der Waals surface area contributed by atoms with Crippen molar-refractivity contribution < 1.29 is 4.79 Å². The Labute approximate surface area is 117 Å². The molecule has 2 bridgehead atoms. The number of anilines is 1. The molecule has 3 nitrogen and oxygen atoms in total. The van der Waals surface area contributed by atoms with Crippen molar-refractivity contribution in [3.63, 3.8) is 0 Å². The summed E-state index contributed by atoms with van der Waals surface area (Å²) >= 11 is 5.96. The molecule has 0 heterocycles. The fourth-order valence-electron chi connectivity index (χ4n) is 3.48. The first-order valence-electron chi connectivity index (χ1n) is 6.68. The molecule has 98 valence electrons. The second-order valence-electron chi connectivity index (χ2n) is 5.58. The highest BCUT2D eigenvalue weighted by atomic mass is 35.5. The number of nitrogens with zero attached hydrogens (tertiary/aromatic N) is 1. The molecule has 0 spiro atoms. The molecule has 0 saturated heterocycles. The molecule has 2 aliphatic rings. The number of nitriles is 1. The van der Waals surface area contributed by atoms with E-state index < -0.39 is 0 Å². The van der Waals surface area contributed by atoms with Crippen LogP contribution in [0.2, 0.25) is 5.02 Å². The predicted molar refractivity (Wildman–Crippen MR) is 73.7 cm³/mol. The van der Waals surface area contributed by atoms with Crippen LogP contribution in [-0.2, 0) is 4.79 Å². The molecule has 1 amide bonds. The van der Waals surface area contributed by atoms with Gasteiger partial charge < -0.3 is 5.32 Å². The Balaban J connectivity index is 1.70. The third-order valence-electron chi connectivity index (χ3n) is 4.43. The molecular weight excluding hydrogens is 260 g/mol. The Bertz CT molecular complexity index is 564. The Morgan fingerprint density at radius 1 is 1.37 bits per heavy atom. The highest BCUT2D eigenvalue weighted by Crippen LogP contribution is 2.48. The summed E-state index contributed by atoms with van der Waals surface area (Å²) in [5.74, 6) is 1.59. The predicted octanol–water partition coefficient (Wildman–Crippen LogP) is 3.59. The van der Waals surface area contributed by atoms with Crippen molar-refractivity contribution in [2.24, 2.45) is 17.8 Å². The number of carbonyl (C=O) groups excluding carboxylic acids is 1. The van der Waals surface area contributed by atoms with Crippen LogP contribution in [0.3, 0.4) is 0 Å². The maximum Gasteiger partial charge on any atom is 0.227 e. The van der Waals surface area contributed by atoms with Crippen LogP contribution >= 0.6 is 11.6 Å². The molecule has 2 aliphatic carbocycles. The lowest BCUT2D eigenvalue weighted by Gasteiger charge is -2.20. The van der Waals surface area contributed by atoms with Crippen LogP contribution in [0, 0.1) is 29.1 Å². The highest BCUT2D eigenvalue weighted by Gasteiger charge is 2.42. The van der Waals surface area contributed by atoms with Gasteiger partial charge in [0.15, 0.2) is 0 Å². The first kappa shape index (κ1) is 12.5. The first-order chi connectivity index (χ1) is 9.17. The zero-order chi connectivity index (χ0) is 13.4. The first-order valence-corrected chi connectivity index (χ1v) is 7.05. The van der Waals surface area contributed by atoms with Gasteiger partial charge in [0.25, 0.3) is 0 Å². The largest absolute Gasteiger partial charge is 0.326 e. The Kier molecular flexibility index (Phi) is 3.20. The number of halogens is 1. The van der Waals surface area contributed by atoms with Crippen LogP contribution in [0.25, 0.3) is 0 Å². The van der Waals surface area contributed by atoms with Gasteiger partial charge in [-0.15, -0.1) is 0 Å². The lowest BCUT2D eigenvalue weighted by Crippen LogP contribution is -2.27. The van der Waals surface area contributed by atoms with Crippen LogP contribution in [0.5, 0.6) is 0 Å². The van der Waals surface area contributed by atoms with E-state index in [0.29, 0.717) is 22.2 Å². The van der Waals surface area contributed by atoms with E-state index in [1.165, 1.54) is 19.3 Å². The van der Waals surface area contributed by atoms with Gasteiger partial charge in [0.05, 0.1) is 10.6 Å². The van der Waals surface area contributed by atoms with Crippen molar-refractivity contribution in [1.82, 2.24) is 0 Å². The summed E-state index contributed by atoms with van der Waals surface area (Å²) in [5, 5.41) is 12.1. The van der Waals surface area contributed by atoms with E-state index in [-0.39, 0.29) is 11.8 Å². The Morgan fingerprint density at radius 2 is 2.21 bits per heavy atom. The molecule has 0 aromatic heterocycles. The van der Waals surface area contributed by atoms with Crippen molar-refractivity contribution in [1.29, 1.82) is 5.26 Å². The zero-order valence-corrected chi connectivity index (χ0v) is 11.3. The SMILES string of the molecule is N#Cc1ccc(NC(=O)C2CC3CCC2C3)cc1Cl. The van der Waals surface area contributed by atoms with E-state index in [9.17, 15) is 4.79 Å². The van der Waals surface area contributed by atoms with Crippen LogP contribution in [-0.4, -0.2) is 5.91 Å². The maximum atomic E-state index is 12.3. The van der Waals surface area contributed by atoms with Gasteiger partial charge >= 0.3 is 0 Å². The van der Waals surface area contributed by atoms with Crippen molar-refractivity contribution in [3.05, 3.63) is 28.8 Å². The topological polar surface area (TPSA) is 52.9 Å². The lowest BCUT2D eigenvalue weighted by atomic mass is 9.88. The van der Waals surface area contributed by atoms with Crippen LogP contribution in [0.4, 0.5) is 5.69 Å². The third kappa shape index (κ3) is 2.33. The normalized spacial score (nSPS) is 28.1. The fraction of sp³-hybridized carbons (Fsp3) is 0.467. The lowest BCUT2D eigenvalue weighted by molar-refractivity contribution is -0.121. The van der Waals surface area contributed by atoms with Crippen LogP contribution in [0.1, 0.15) is 31.2 Å². The fourth-order valence-corrected chi connectivity index (χ4v) is 3.71. The smallest absolute Gasteiger partial charge is 0.227 e. The van der Waals surface area contributed by atoms with Crippen molar-refractivity contribution in [2.45, 2.75) is 25.7 Å². The molecule has 19 heavy (non-hydrogen) atoms. The van der Waals surface area contributed by atoms with E-state index in [1.54, 1.807) is 18.2 Å². The van der Waals surface area contributed by atoms with Gasteiger partial charge in [-0.1, -0.05) is 18.0 Å². The Hall–Kier alpha value is -1.53. The highest BCUT2D eigenvalue weighted by molar-refractivity contribution is 6.32. The molecule has 1 aromatic carbocycles. The number of hydrogen-bond acceptors (Lipinski definition) is 2. The molecule has 1 aromatic rings. The summed E-state index contributed by atoms with van der Waals surface area (Å²) in [5.41, 5.74) is 1.11.